The number of nitrogens with one attached hydrogen (secondary N) is 1. The minimum atomic E-state index is -0.593. The van der Waals surface area contributed by atoms with E-state index in [-0.39, 0.29) is 17.6 Å². The lowest BCUT2D eigenvalue weighted by atomic mass is 10.2. The molecule has 15 heavy (non-hydrogen) atoms. The molecular weight excluding hydrogens is 202 g/mol. The summed E-state index contributed by atoms with van der Waals surface area (Å²) < 4.78 is 1.47. The Morgan fingerprint density at radius 3 is 3.00 bits per heavy atom. The first kappa shape index (κ1) is 11.1. The second-order valence-electron chi connectivity index (χ2n) is 3.10. The summed E-state index contributed by atoms with van der Waals surface area (Å²) in [6.45, 7) is 1.96. The van der Waals surface area contributed by atoms with E-state index in [2.05, 4.69) is 4.98 Å². The number of imidazole rings is 1. The number of rotatable bonds is 4. The molecule has 1 heterocycles. The van der Waals surface area contributed by atoms with Crippen LogP contribution in [0.25, 0.3) is 0 Å². The van der Waals surface area contributed by atoms with Gasteiger partial charge in [-0.2, -0.15) is 0 Å². The fourth-order valence-corrected chi connectivity index (χ4v) is 1.08. The third-order valence-corrected chi connectivity index (χ3v) is 1.88. The minimum absolute atomic E-state index is 0.240. The van der Waals surface area contributed by atoms with Crippen molar-refractivity contribution in [3.8, 4) is 0 Å². The average Bonchev–Trinajstić information content (AvgIpc) is 2.65. The molecule has 1 aromatic heterocycles. The summed E-state index contributed by atoms with van der Waals surface area (Å²) in [7, 11) is 0. The molecule has 1 atom stereocenters. The summed E-state index contributed by atoms with van der Waals surface area (Å²) >= 11 is 0. The van der Waals surface area contributed by atoms with Crippen molar-refractivity contribution in [2.45, 2.75) is 13.5 Å². The molecule has 82 valence electrons. The van der Waals surface area contributed by atoms with Crippen molar-refractivity contribution in [2.75, 3.05) is 0 Å². The molecule has 3 N–H and O–H groups in total. The van der Waals surface area contributed by atoms with Gasteiger partial charge in [0, 0.05) is 6.54 Å². The summed E-state index contributed by atoms with van der Waals surface area (Å²) in [5.41, 5.74) is 2.01. The van der Waals surface area contributed by atoms with Crippen molar-refractivity contribution < 1.29 is 9.72 Å². The van der Waals surface area contributed by atoms with Crippen LogP contribution in [-0.4, -0.2) is 20.4 Å². The molecule has 0 radical (unpaired) electrons. The van der Waals surface area contributed by atoms with E-state index >= 15 is 0 Å². The molecule has 8 heteroatoms. The summed E-state index contributed by atoms with van der Waals surface area (Å²) in [5, 5.41) is 10.3. The molecule has 1 rings (SSSR count). The molecule has 0 aromatic carbocycles. The van der Waals surface area contributed by atoms with Crippen molar-refractivity contribution >= 4 is 11.7 Å². The van der Waals surface area contributed by atoms with E-state index in [1.165, 1.54) is 17.1 Å². The standard InChI is InChI=1S/C7H11N5O3/c1-5(7(13)10-8)2-11-3-6(9-4-11)12(14)15/h3-5H,2,8H2,1H3,(H,10,13). The third kappa shape index (κ3) is 2.74. The summed E-state index contributed by atoms with van der Waals surface area (Å²) in [4.78, 5) is 24.3. The van der Waals surface area contributed by atoms with Gasteiger partial charge in [0.05, 0.1) is 5.92 Å². The average molecular weight is 213 g/mol. The van der Waals surface area contributed by atoms with Crippen LogP contribution in [0, 0.1) is 16.0 Å². The molecule has 0 fully saturated rings. The Morgan fingerprint density at radius 2 is 2.53 bits per heavy atom. The number of nitrogens with two attached hydrogens (primary N) is 1. The first-order valence-corrected chi connectivity index (χ1v) is 4.21. The van der Waals surface area contributed by atoms with Crippen molar-refractivity contribution in [2.24, 2.45) is 11.8 Å². The number of nitro groups is 1. The molecule has 0 aliphatic carbocycles. The van der Waals surface area contributed by atoms with Crippen LogP contribution in [-0.2, 0) is 11.3 Å². The van der Waals surface area contributed by atoms with Crippen LogP contribution < -0.4 is 11.3 Å². The van der Waals surface area contributed by atoms with Crippen LogP contribution in [0.1, 0.15) is 6.92 Å². The van der Waals surface area contributed by atoms with Crippen LogP contribution >= 0.6 is 0 Å². The van der Waals surface area contributed by atoms with Gasteiger partial charge < -0.3 is 14.7 Å². The smallest absolute Gasteiger partial charge is 0.358 e. The number of carbonyl (C=O) groups is 1. The quantitative estimate of drug-likeness (QED) is 0.300. The lowest BCUT2D eigenvalue weighted by Gasteiger charge is -2.08. The molecule has 0 saturated carbocycles. The highest BCUT2D eigenvalue weighted by Gasteiger charge is 2.15. The van der Waals surface area contributed by atoms with Crippen LogP contribution in [0.4, 0.5) is 5.82 Å². The largest absolute Gasteiger partial charge is 0.381 e. The fraction of sp³-hybridized carbons (Fsp3) is 0.429. The Morgan fingerprint density at radius 1 is 1.87 bits per heavy atom. The van der Waals surface area contributed by atoms with Crippen LogP contribution in [0.15, 0.2) is 12.5 Å². The van der Waals surface area contributed by atoms with E-state index in [9.17, 15) is 14.9 Å². The first-order chi connectivity index (χ1) is 7.04. The SMILES string of the molecule is CC(Cn1cnc([N+](=O)[O-])c1)C(=O)NN. The van der Waals surface area contributed by atoms with Gasteiger partial charge in [-0.05, 0) is 9.91 Å². The highest BCUT2D eigenvalue weighted by atomic mass is 16.6. The second kappa shape index (κ2) is 4.51. The van der Waals surface area contributed by atoms with Gasteiger partial charge in [0.2, 0.25) is 12.2 Å². The van der Waals surface area contributed by atoms with E-state index in [1.807, 2.05) is 5.43 Å². The van der Waals surface area contributed by atoms with Crippen molar-refractivity contribution in [3.05, 3.63) is 22.6 Å². The lowest BCUT2D eigenvalue weighted by molar-refractivity contribution is -0.389. The van der Waals surface area contributed by atoms with Gasteiger partial charge in [-0.15, -0.1) is 0 Å². The van der Waals surface area contributed by atoms with Gasteiger partial charge in [-0.1, -0.05) is 6.92 Å². The Hall–Kier alpha value is -1.96. The molecule has 0 spiro atoms. The van der Waals surface area contributed by atoms with E-state index in [4.69, 9.17) is 5.84 Å². The molecule has 1 unspecified atom stereocenters. The maximum absolute atomic E-state index is 11.1. The predicted octanol–water partition coefficient (Wildman–Crippen LogP) is -0.583. The number of hydrogen-bond donors (Lipinski definition) is 2. The third-order valence-electron chi connectivity index (χ3n) is 1.88. The Kier molecular flexibility index (Phi) is 3.34. The number of carbonyl (C=O) groups excluding carboxylic acids is 1. The Balaban J connectivity index is 2.65. The van der Waals surface area contributed by atoms with Gasteiger partial charge in [-0.25, -0.2) is 5.84 Å². The van der Waals surface area contributed by atoms with Crippen LogP contribution in [0.5, 0.6) is 0 Å². The Labute approximate surface area is 85.2 Å². The van der Waals surface area contributed by atoms with E-state index in [1.54, 1.807) is 6.92 Å². The zero-order chi connectivity index (χ0) is 11.4. The van der Waals surface area contributed by atoms with Crippen molar-refractivity contribution in [3.63, 3.8) is 0 Å². The number of aromatic nitrogens is 2. The molecule has 0 aliphatic rings. The molecule has 8 nitrogen and oxygen atoms in total. The van der Waals surface area contributed by atoms with Gasteiger partial charge in [0.15, 0.2) is 0 Å². The molecule has 0 bridgehead atoms. The van der Waals surface area contributed by atoms with Crippen molar-refractivity contribution in [1.82, 2.24) is 15.0 Å². The van der Waals surface area contributed by atoms with E-state index < -0.39 is 4.92 Å². The van der Waals surface area contributed by atoms with Crippen molar-refractivity contribution in [1.29, 1.82) is 0 Å². The first-order valence-electron chi connectivity index (χ1n) is 4.21. The predicted molar refractivity (Wildman–Crippen MR) is 50.4 cm³/mol. The zero-order valence-electron chi connectivity index (χ0n) is 8.08. The fourth-order valence-electron chi connectivity index (χ4n) is 1.08. The number of nitrogens with zero attached hydrogens (tertiary/aromatic N) is 3. The molecule has 1 aromatic rings. The minimum Gasteiger partial charge on any atom is -0.358 e. The summed E-state index contributed by atoms with van der Waals surface area (Å²) in [6, 6.07) is 0. The molecule has 0 aliphatic heterocycles. The zero-order valence-corrected chi connectivity index (χ0v) is 8.08. The summed E-state index contributed by atoms with van der Waals surface area (Å²) in [6.07, 6.45) is 2.57. The highest BCUT2D eigenvalue weighted by molar-refractivity contribution is 5.77. The molecular formula is C7H11N5O3. The topological polar surface area (TPSA) is 116 Å². The van der Waals surface area contributed by atoms with Gasteiger partial charge in [-0.3, -0.25) is 10.2 Å². The van der Waals surface area contributed by atoms with E-state index in [0.717, 1.165) is 0 Å². The Bertz CT molecular complexity index is 374. The van der Waals surface area contributed by atoms with E-state index in [0.29, 0.717) is 6.54 Å². The van der Waals surface area contributed by atoms with Gasteiger partial charge in [0.25, 0.3) is 0 Å². The maximum Gasteiger partial charge on any atom is 0.381 e. The molecule has 0 saturated heterocycles. The van der Waals surface area contributed by atoms with Crippen LogP contribution in [0.3, 0.4) is 0 Å². The molecule has 1 amide bonds. The van der Waals surface area contributed by atoms with Gasteiger partial charge in [0.1, 0.15) is 6.20 Å². The number of amides is 1. The maximum atomic E-state index is 11.1. The number of hydrogen-bond acceptors (Lipinski definition) is 5. The summed E-state index contributed by atoms with van der Waals surface area (Å²) in [5.74, 6) is 4.01. The lowest BCUT2D eigenvalue weighted by Crippen LogP contribution is -2.36. The second-order valence-corrected chi connectivity index (χ2v) is 3.10. The van der Waals surface area contributed by atoms with Gasteiger partial charge >= 0.3 is 5.82 Å². The number of hydrazine groups is 1. The highest BCUT2D eigenvalue weighted by Crippen LogP contribution is 2.08. The normalized spacial score (nSPS) is 12.1. The monoisotopic (exact) mass is 213 g/mol. The van der Waals surface area contributed by atoms with Crippen LogP contribution in [0.2, 0.25) is 0 Å².